The van der Waals surface area contributed by atoms with E-state index in [-0.39, 0.29) is 23.7 Å². The number of aryl methyl sites for hydroxylation is 1. The first-order valence-corrected chi connectivity index (χ1v) is 11.1. The number of fused-ring (bicyclic) bond motifs is 3. The fraction of sp³-hybridized carbons (Fsp3) is 0.280. The highest BCUT2D eigenvalue weighted by atomic mass is 16.2. The number of benzene rings is 2. The quantitative estimate of drug-likeness (QED) is 0.479. The summed E-state index contributed by atoms with van der Waals surface area (Å²) in [5, 5.41) is 0.918. The number of para-hydroxylation sites is 1. The van der Waals surface area contributed by atoms with Crippen molar-refractivity contribution in [3.8, 4) is 0 Å². The van der Waals surface area contributed by atoms with Crippen molar-refractivity contribution in [1.29, 1.82) is 0 Å². The summed E-state index contributed by atoms with van der Waals surface area (Å²) < 4.78 is 1.50. The van der Waals surface area contributed by atoms with E-state index in [1.165, 1.54) is 10.9 Å². The molecule has 33 heavy (non-hydrogen) atoms. The summed E-state index contributed by atoms with van der Waals surface area (Å²) in [6, 6.07) is 15.3. The Morgan fingerprint density at radius 1 is 1.00 bits per heavy atom. The summed E-state index contributed by atoms with van der Waals surface area (Å²) in [6.07, 6.45) is 1.78. The predicted molar refractivity (Wildman–Crippen MR) is 128 cm³/mol. The highest BCUT2D eigenvalue weighted by Gasteiger charge is 2.21. The zero-order valence-corrected chi connectivity index (χ0v) is 18.5. The van der Waals surface area contributed by atoms with Gasteiger partial charge in [-0.05, 0) is 37.3 Å². The number of rotatable bonds is 5. The van der Waals surface area contributed by atoms with Gasteiger partial charge in [0.1, 0.15) is 11.0 Å². The standard InChI is InChI=1S/C25H25N5O3/c1-17(31)18-6-8-19(9-7-18)28-12-14-29(15-13-28)22(32)10-11-30-16-26-23-20-4-2-3-5-21(20)27-24(23)25(30)33/h2-9,16,27H,10-15H2,1H3. The molecule has 4 aromatic rings. The van der Waals surface area contributed by atoms with E-state index in [1.54, 1.807) is 6.92 Å². The number of nitrogens with one attached hydrogen (secondary N) is 1. The van der Waals surface area contributed by atoms with E-state index in [4.69, 9.17) is 0 Å². The molecule has 0 bridgehead atoms. The number of anilines is 1. The van der Waals surface area contributed by atoms with Crippen molar-refractivity contribution in [2.45, 2.75) is 19.9 Å². The third-order valence-electron chi connectivity index (χ3n) is 6.32. The zero-order chi connectivity index (χ0) is 22.9. The molecule has 5 rings (SSSR count). The molecule has 1 amide bonds. The first-order chi connectivity index (χ1) is 16.0. The molecule has 1 aliphatic rings. The number of carbonyl (C=O) groups is 2. The third-order valence-corrected chi connectivity index (χ3v) is 6.32. The Bertz CT molecular complexity index is 1400. The van der Waals surface area contributed by atoms with Crippen LogP contribution in [-0.4, -0.2) is 57.3 Å². The highest BCUT2D eigenvalue weighted by Crippen LogP contribution is 2.21. The highest BCUT2D eigenvalue weighted by molar-refractivity contribution is 6.04. The van der Waals surface area contributed by atoms with Crippen molar-refractivity contribution in [2.24, 2.45) is 0 Å². The van der Waals surface area contributed by atoms with Crippen molar-refractivity contribution in [3.63, 3.8) is 0 Å². The van der Waals surface area contributed by atoms with Gasteiger partial charge in [-0.25, -0.2) is 4.98 Å². The maximum absolute atomic E-state index is 12.9. The first-order valence-electron chi connectivity index (χ1n) is 11.1. The van der Waals surface area contributed by atoms with Crippen molar-refractivity contribution >= 4 is 39.3 Å². The Balaban J connectivity index is 1.21. The second kappa shape index (κ2) is 8.54. The van der Waals surface area contributed by atoms with Crippen LogP contribution in [0.1, 0.15) is 23.7 Å². The summed E-state index contributed by atoms with van der Waals surface area (Å²) in [4.78, 5) is 48.8. The van der Waals surface area contributed by atoms with Crippen LogP contribution in [0.25, 0.3) is 21.9 Å². The number of amides is 1. The summed E-state index contributed by atoms with van der Waals surface area (Å²) in [5.41, 5.74) is 3.59. The van der Waals surface area contributed by atoms with E-state index in [0.29, 0.717) is 36.2 Å². The van der Waals surface area contributed by atoms with Crippen LogP contribution >= 0.6 is 0 Å². The molecule has 0 saturated carbocycles. The molecule has 1 saturated heterocycles. The second-order valence-electron chi connectivity index (χ2n) is 8.36. The summed E-state index contributed by atoms with van der Waals surface area (Å²) in [7, 11) is 0. The van der Waals surface area contributed by atoms with Gasteiger partial charge in [0.15, 0.2) is 5.78 Å². The first kappa shape index (κ1) is 20.9. The fourth-order valence-corrected chi connectivity index (χ4v) is 4.39. The van der Waals surface area contributed by atoms with Gasteiger partial charge in [-0.3, -0.25) is 19.0 Å². The van der Waals surface area contributed by atoms with E-state index < -0.39 is 0 Å². The van der Waals surface area contributed by atoms with Gasteiger partial charge in [0.25, 0.3) is 5.56 Å². The zero-order valence-electron chi connectivity index (χ0n) is 18.5. The maximum Gasteiger partial charge on any atom is 0.277 e. The molecule has 2 aromatic carbocycles. The molecule has 0 radical (unpaired) electrons. The van der Waals surface area contributed by atoms with Gasteiger partial charge in [-0.15, -0.1) is 0 Å². The Morgan fingerprint density at radius 3 is 2.45 bits per heavy atom. The van der Waals surface area contributed by atoms with Crippen molar-refractivity contribution in [3.05, 3.63) is 70.8 Å². The van der Waals surface area contributed by atoms with Gasteiger partial charge in [0.2, 0.25) is 5.91 Å². The van der Waals surface area contributed by atoms with E-state index in [2.05, 4.69) is 14.9 Å². The SMILES string of the molecule is CC(=O)c1ccc(N2CCN(C(=O)CCn3cnc4c([nH]c5ccccc54)c3=O)CC2)cc1. The van der Waals surface area contributed by atoms with Crippen LogP contribution < -0.4 is 10.5 Å². The maximum atomic E-state index is 12.9. The number of hydrogen-bond donors (Lipinski definition) is 1. The number of aromatic amines is 1. The Labute approximate surface area is 190 Å². The van der Waals surface area contributed by atoms with Gasteiger partial charge < -0.3 is 14.8 Å². The van der Waals surface area contributed by atoms with Crippen LogP contribution in [0.4, 0.5) is 5.69 Å². The molecular weight excluding hydrogens is 418 g/mol. The molecule has 1 N–H and O–H groups in total. The summed E-state index contributed by atoms with van der Waals surface area (Å²) in [5.74, 6) is 0.0835. The summed E-state index contributed by atoms with van der Waals surface area (Å²) >= 11 is 0. The molecule has 0 unspecified atom stereocenters. The minimum absolute atomic E-state index is 0.0326. The van der Waals surface area contributed by atoms with E-state index in [0.717, 1.165) is 29.7 Å². The molecule has 0 spiro atoms. The van der Waals surface area contributed by atoms with Crippen molar-refractivity contribution in [2.75, 3.05) is 31.1 Å². The van der Waals surface area contributed by atoms with Crippen LogP contribution in [0.5, 0.6) is 0 Å². The topological polar surface area (TPSA) is 91.3 Å². The van der Waals surface area contributed by atoms with Gasteiger partial charge in [-0.2, -0.15) is 0 Å². The molecule has 1 aliphatic heterocycles. The lowest BCUT2D eigenvalue weighted by molar-refractivity contribution is -0.131. The molecule has 1 fully saturated rings. The summed E-state index contributed by atoms with van der Waals surface area (Å²) in [6.45, 7) is 4.56. The number of nitrogens with zero attached hydrogens (tertiary/aromatic N) is 4. The van der Waals surface area contributed by atoms with E-state index in [9.17, 15) is 14.4 Å². The van der Waals surface area contributed by atoms with Crippen LogP contribution in [0.2, 0.25) is 0 Å². The smallest absolute Gasteiger partial charge is 0.277 e. The van der Waals surface area contributed by atoms with Crippen LogP contribution in [0.15, 0.2) is 59.7 Å². The number of carbonyl (C=O) groups excluding carboxylic acids is 2. The average molecular weight is 444 g/mol. The van der Waals surface area contributed by atoms with Gasteiger partial charge in [0.05, 0.1) is 6.33 Å². The molecular formula is C25H25N5O3. The van der Waals surface area contributed by atoms with Crippen LogP contribution in [-0.2, 0) is 11.3 Å². The van der Waals surface area contributed by atoms with Crippen molar-refractivity contribution < 1.29 is 9.59 Å². The lowest BCUT2D eigenvalue weighted by atomic mass is 10.1. The second-order valence-corrected chi connectivity index (χ2v) is 8.36. The molecule has 8 heteroatoms. The molecule has 168 valence electrons. The number of piperazine rings is 1. The number of ketones is 1. The Hall–Kier alpha value is -3.94. The Morgan fingerprint density at radius 2 is 1.73 bits per heavy atom. The predicted octanol–water partition coefficient (Wildman–Crippen LogP) is 2.82. The largest absolute Gasteiger partial charge is 0.368 e. The van der Waals surface area contributed by atoms with Crippen LogP contribution in [0, 0.1) is 0 Å². The lowest BCUT2D eigenvalue weighted by Gasteiger charge is -2.36. The van der Waals surface area contributed by atoms with Gasteiger partial charge in [0, 0.05) is 61.3 Å². The fourth-order valence-electron chi connectivity index (χ4n) is 4.39. The minimum atomic E-state index is -0.164. The van der Waals surface area contributed by atoms with Gasteiger partial charge in [-0.1, -0.05) is 18.2 Å². The number of Topliss-reactive ketones (excluding diaryl/α,β-unsaturated/α-hetero) is 1. The normalized spacial score (nSPS) is 14.2. The molecule has 2 aromatic heterocycles. The van der Waals surface area contributed by atoms with E-state index in [1.807, 2.05) is 53.4 Å². The molecule has 0 aliphatic carbocycles. The Kier molecular flexibility index (Phi) is 5.42. The molecule has 0 atom stereocenters. The molecule has 3 heterocycles. The van der Waals surface area contributed by atoms with E-state index >= 15 is 0 Å². The monoisotopic (exact) mass is 443 g/mol. The average Bonchev–Trinajstić information content (AvgIpc) is 3.23. The third kappa shape index (κ3) is 4.00. The van der Waals surface area contributed by atoms with Crippen molar-refractivity contribution in [1.82, 2.24) is 19.4 Å². The van der Waals surface area contributed by atoms with Gasteiger partial charge >= 0.3 is 0 Å². The minimum Gasteiger partial charge on any atom is -0.368 e. The lowest BCUT2D eigenvalue weighted by Crippen LogP contribution is -2.49. The number of aromatic nitrogens is 3. The number of H-pyrrole nitrogens is 1. The van der Waals surface area contributed by atoms with Crippen LogP contribution in [0.3, 0.4) is 0 Å². The number of hydrogen-bond acceptors (Lipinski definition) is 5. The molecule has 8 nitrogen and oxygen atoms in total.